The summed E-state index contributed by atoms with van der Waals surface area (Å²) in [5.41, 5.74) is 6.97. The zero-order valence-electron chi connectivity index (χ0n) is 19.3. The maximum Gasteiger partial charge on any atom is 0.330 e. The highest BCUT2D eigenvalue weighted by molar-refractivity contribution is 5.98. The molecule has 0 radical (unpaired) electrons. The summed E-state index contributed by atoms with van der Waals surface area (Å²) in [6, 6.07) is 16.0. The van der Waals surface area contributed by atoms with Gasteiger partial charge in [-0.2, -0.15) is 0 Å². The normalized spacial score (nSPS) is 10.6. The molecule has 0 unspecified atom stereocenters. The van der Waals surface area contributed by atoms with Crippen LogP contribution in [-0.2, 0) is 11.3 Å². The predicted molar refractivity (Wildman–Crippen MR) is 133 cm³/mol. The van der Waals surface area contributed by atoms with Gasteiger partial charge in [-0.25, -0.2) is 4.79 Å². The lowest BCUT2D eigenvalue weighted by Crippen LogP contribution is -2.43. The lowest BCUT2D eigenvalue weighted by Gasteiger charge is -2.25. The Kier molecular flexibility index (Phi) is 8.02. The Balaban J connectivity index is 1.89. The molecule has 0 aliphatic rings. The van der Waals surface area contributed by atoms with Gasteiger partial charge >= 0.3 is 5.69 Å². The van der Waals surface area contributed by atoms with Gasteiger partial charge in [0.25, 0.3) is 5.56 Å². The minimum Gasteiger partial charge on any atom is -0.383 e. The van der Waals surface area contributed by atoms with Gasteiger partial charge in [0.05, 0.1) is 13.1 Å². The van der Waals surface area contributed by atoms with Crippen LogP contribution in [-0.4, -0.2) is 34.3 Å². The number of benzene rings is 2. The average Bonchev–Trinajstić information content (AvgIpc) is 2.83. The van der Waals surface area contributed by atoms with E-state index in [-0.39, 0.29) is 42.8 Å². The Morgan fingerprint density at radius 3 is 2.35 bits per heavy atom. The standard InChI is InChI=1S/C25H29N5O4/c1-3-4-14-29(21(32)15-27-20-12-10-19(11-13-20)17(2)31)22-23(26)30(25(34)28-24(22)33)16-18-8-6-5-7-9-18/h5-13,27H,3-4,14-16,26H2,1-2H3,(H,28,33,34). The summed E-state index contributed by atoms with van der Waals surface area (Å²) in [5, 5.41) is 3.02. The third-order valence-electron chi connectivity index (χ3n) is 5.44. The zero-order valence-corrected chi connectivity index (χ0v) is 19.3. The monoisotopic (exact) mass is 463 g/mol. The number of unbranched alkanes of at least 4 members (excludes halogenated alkanes) is 1. The summed E-state index contributed by atoms with van der Waals surface area (Å²) < 4.78 is 1.26. The second-order valence-corrected chi connectivity index (χ2v) is 7.95. The molecule has 0 aliphatic heterocycles. The number of carbonyl (C=O) groups is 2. The van der Waals surface area contributed by atoms with E-state index in [0.717, 1.165) is 12.0 Å². The maximum absolute atomic E-state index is 13.2. The molecule has 178 valence electrons. The number of H-pyrrole nitrogens is 1. The van der Waals surface area contributed by atoms with E-state index >= 15 is 0 Å². The van der Waals surface area contributed by atoms with Crippen LogP contribution in [0.1, 0.15) is 42.6 Å². The van der Waals surface area contributed by atoms with Gasteiger partial charge in [-0.05, 0) is 43.2 Å². The first-order valence-electron chi connectivity index (χ1n) is 11.1. The highest BCUT2D eigenvalue weighted by Crippen LogP contribution is 2.19. The van der Waals surface area contributed by atoms with Crippen LogP contribution in [0.25, 0.3) is 0 Å². The quantitative estimate of drug-likeness (QED) is 0.396. The summed E-state index contributed by atoms with van der Waals surface area (Å²) in [5.74, 6) is -0.479. The molecular weight excluding hydrogens is 434 g/mol. The van der Waals surface area contributed by atoms with E-state index in [9.17, 15) is 19.2 Å². The fourth-order valence-electron chi connectivity index (χ4n) is 3.53. The van der Waals surface area contributed by atoms with Crippen molar-refractivity contribution in [2.24, 2.45) is 0 Å². The van der Waals surface area contributed by atoms with E-state index < -0.39 is 11.2 Å². The van der Waals surface area contributed by atoms with E-state index in [0.29, 0.717) is 17.7 Å². The zero-order chi connectivity index (χ0) is 24.7. The van der Waals surface area contributed by atoms with E-state index in [1.165, 1.54) is 16.4 Å². The number of ketones is 1. The molecule has 0 bridgehead atoms. The lowest BCUT2D eigenvalue weighted by molar-refractivity contribution is -0.117. The first-order chi connectivity index (χ1) is 16.3. The molecule has 0 saturated carbocycles. The molecule has 3 aromatic rings. The third-order valence-corrected chi connectivity index (χ3v) is 5.44. The van der Waals surface area contributed by atoms with Gasteiger partial charge in [0.1, 0.15) is 5.82 Å². The van der Waals surface area contributed by atoms with Crippen LogP contribution in [0.4, 0.5) is 17.2 Å². The fourth-order valence-corrected chi connectivity index (χ4v) is 3.53. The van der Waals surface area contributed by atoms with Crippen molar-refractivity contribution in [1.29, 1.82) is 0 Å². The summed E-state index contributed by atoms with van der Waals surface area (Å²) >= 11 is 0. The number of anilines is 3. The molecule has 9 heteroatoms. The molecule has 1 heterocycles. The molecule has 0 fully saturated rings. The van der Waals surface area contributed by atoms with E-state index in [2.05, 4.69) is 10.3 Å². The third kappa shape index (κ3) is 5.80. The molecule has 9 nitrogen and oxygen atoms in total. The SMILES string of the molecule is CCCCN(C(=O)CNc1ccc(C(C)=O)cc1)c1c(N)n(Cc2ccccc2)c(=O)[nH]c1=O. The number of aromatic amines is 1. The van der Waals surface area contributed by atoms with Crippen molar-refractivity contribution in [2.75, 3.05) is 29.0 Å². The number of nitrogens with two attached hydrogens (primary N) is 1. The number of nitrogens with zero attached hydrogens (tertiary/aromatic N) is 2. The summed E-state index contributed by atoms with van der Waals surface area (Å²) in [6.45, 7) is 3.79. The number of aromatic nitrogens is 2. The Bertz CT molecular complexity index is 1260. The molecule has 1 amide bonds. The van der Waals surface area contributed by atoms with Crippen molar-refractivity contribution in [3.63, 3.8) is 0 Å². The van der Waals surface area contributed by atoms with Gasteiger partial charge in [-0.1, -0.05) is 43.7 Å². The van der Waals surface area contributed by atoms with Crippen molar-refractivity contribution in [3.05, 3.63) is 86.6 Å². The van der Waals surface area contributed by atoms with E-state index in [1.54, 1.807) is 24.3 Å². The Labute approximate surface area is 197 Å². The highest BCUT2D eigenvalue weighted by atomic mass is 16.2. The number of hydrogen-bond acceptors (Lipinski definition) is 6. The number of rotatable bonds is 10. The number of nitrogen functional groups attached to an aromatic ring is 1. The fraction of sp³-hybridized carbons (Fsp3) is 0.280. The topological polar surface area (TPSA) is 130 Å². The first-order valence-corrected chi connectivity index (χ1v) is 11.1. The molecule has 2 aromatic carbocycles. The lowest BCUT2D eigenvalue weighted by atomic mass is 10.1. The van der Waals surface area contributed by atoms with Crippen LogP contribution in [0.2, 0.25) is 0 Å². The molecule has 3 rings (SSSR count). The molecule has 0 saturated heterocycles. The largest absolute Gasteiger partial charge is 0.383 e. The minimum atomic E-state index is -0.706. The second-order valence-electron chi connectivity index (χ2n) is 7.95. The van der Waals surface area contributed by atoms with Crippen molar-refractivity contribution < 1.29 is 9.59 Å². The summed E-state index contributed by atoms with van der Waals surface area (Å²) in [7, 11) is 0. The summed E-state index contributed by atoms with van der Waals surface area (Å²) in [6.07, 6.45) is 1.45. The van der Waals surface area contributed by atoms with Crippen LogP contribution in [0.15, 0.2) is 64.2 Å². The molecule has 1 aromatic heterocycles. The maximum atomic E-state index is 13.2. The van der Waals surface area contributed by atoms with Gasteiger partial charge in [-0.15, -0.1) is 0 Å². The van der Waals surface area contributed by atoms with Crippen LogP contribution in [0.5, 0.6) is 0 Å². The van der Waals surface area contributed by atoms with Crippen molar-refractivity contribution in [3.8, 4) is 0 Å². The van der Waals surface area contributed by atoms with Crippen LogP contribution in [0, 0.1) is 0 Å². The average molecular weight is 464 g/mol. The van der Waals surface area contributed by atoms with Crippen molar-refractivity contribution in [1.82, 2.24) is 9.55 Å². The van der Waals surface area contributed by atoms with Gasteiger partial charge in [0.15, 0.2) is 11.5 Å². The van der Waals surface area contributed by atoms with Crippen LogP contribution >= 0.6 is 0 Å². The van der Waals surface area contributed by atoms with Gasteiger partial charge in [0, 0.05) is 17.8 Å². The number of amides is 1. The Morgan fingerprint density at radius 2 is 1.74 bits per heavy atom. The molecule has 4 N–H and O–H groups in total. The van der Waals surface area contributed by atoms with Crippen molar-refractivity contribution in [2.45, 2.75) is 33.2 Å². The number of hydrogen-bond donors (Lipinski definition) is 3. The summed E-state index contributed by atoms with van der Waals surface area (Å²) in [4.78, 5) is 53.5. The Hall–Kier alpha value is -4.14. The first kappa shape index (κ1) is 24.5. The van der Waals surface area contributed by atoms with E-state index in [4.69, 9.17) is 5.73 Å². The smallest absolute Gasteiger partial charge is 0.330 e. The van der Waals surface area contributed by atoms with Gasteiger partial charge < -0.3 is 16.0 Å². The minimum absolute atomic E-state index is 0.0392. The highest BCUT2D eigenvalue weighted by Gasteiger charge is 2.24. The van der Waals surface area contributed by atoms with Crippen molar-refractivity contribution >= 4 is 28.9 Å². The Morgan fingerprint density at radius 1 is 1.06 bits per heavy atom. The van der Waals surface area contributed by atoms with E-state index in [1.807, 2.05) is 37.3 Å². The molecule has 0 atom stereocenters. The van der Waals surface area contributed by atoms with Gasteiger partial charge in [-0.3, -0.25) is 23.9 Å². The van der Waals surface area contributed by atoms with Crippen LogP contribution < -0.4 is 27.2 Å². The molecule has 0 spiro atoms. The van der Waals surface area contributed by atoms with Crippen LogP contribution in [0.3, 0.4) is 0 Å². The predicted octanol–water partition coefficient (Wildman–Crippen LogP) is 2.61. The molecular formula is C25H29N5O4. The molecule has 0 aliphatic carbocycles. The number of carbonyl (C=O) groups excluding carboxylic acids is 2. The second kappa shape index (κ2) is 11.1. The number of nitrogens with one attached hydrogen (secondary N) is 2. The molecule has 34 heavy (non-hydrogen) atoms. The number of Topliss-reactive ketones (excluding diaryl/α,β-unsaturated/α-hetero) is 1. The van der Waals surface area contributed by atoms with Gasteiger partial charge in [0.2, 0.25) is 5.91 Å².